The molecule has 1 aliphatic rings. The van der Waals surface area contributed by atoms with E-state index in [1.54, 1.807) is 4.90 Å². The number of carbonyl (C=O) groups excluding carboxylic acids is 2. The molecule has 2 aromatic rings. The Morgan fingerprint density at radius 1 is 1.04 bits per heavy atom. The van der Waals surface area contributed by atoms with Gasteiger partial charge in [-0.2, -0.15) is 0 Å². The van der Waals surface area contributed by atoms with Crippen molar-refractivity contribution >= 4 is 17.5 Å². The Morgan fingerprint density at radius 3 is 2.42 bits per heavy atom. The molecule has 0 aliphatic carbocycles. The van der Waals surface area contributed by atoms with E-state index in [9.17, 15) is 18.4 Å². The Balaban J connectivity index is 1.74. The molecule has 1 saturated heterocycles. The number of carbonyl (C=O) groups is 2. The summed E-state index contributed by atoms with van der Waals surface area (Å²) < 4.78 is 26.6. The highest BCUT2D eigenvalue weighted by molar-refractivity contribution is 6.05. The van der Waals surface area contributed by atoms with Crippen LogP contribution in [0.15, 0.2) is 36.7 Å². The van der Waals surface area contributed by atoms with Crippen LogP contribution in [0.4, 0.5) is 14.5 Å². The highest BCUT2D eigenvalue weighted by Crippen LogP contribution is 2.17. The second-order valence-corrected chi connectivity index (χ2v) is 6.14. The molecule has 3 rings (SSSR count). The molecule has 0 saturated carbocycles. The maximum Gasteiger partial charge on any atom is 0.257 e. The van der Waals surface area contributed by atoms with Crippen LogP contribution >= 0.6 is 0 Å². The van der Waals surface area contributed by atoms with Crippen molar-refractivity contribution in [1.82, 2.24) is 14.8 Å². The fourth-order valence-corrected chi connectivity index (χ4v) is 2.66. The number of hydrogen-bond acceptors (Lipinski definition) is 4. The van der Waals surface area contributed by atoms with Crippen molar-refractivity contribution < 1.29 is 18.4 Å². The third kappa shape index (κ3) is 4.02. The number of nitrogens with one attached hydrogen (secondary N) is 1. The Kier molecular flexibility index (Phi) is 5.22. The van der Waals surface area contributed by atoms with Gasteiger partial charge in [-0.3, -0.25) is 14.6 Å². The molecule has 6 nitrogen and oxygen atoms in total. The lowest BCUT2D eigenvalue weighted by atomic mass is 10.1. The van der Waals surface area contributed by atoms with E-state index >= 15 is 0 Å². The molecule has 2 heterocycles. The SMILES string of the molecule is CN1CCN(C(=O)c2cncc(C(=O)Nc3ccc(F)cc3F)c2)CC1. The van der Waals surface area contributed by atoms with E-state index < -0.39 is 17.5 Å². The Hall–Kier alpha value is -2.87. The van der Waals surface area contributed by atoms with Crippen molar-refractivity contribution in [3.05, 3.63) is 59.4 Å². The molecule has 1 aliphatic heterocycles. The highest BCUT2D eigenvalue weighted by Gasteiger charge is 2.21. The summed E-state index contributed by atoms with van der Waals surface area (Å²) >= 11 is 0. The van der Waals surface area contributed by atoms with Crippen molar-refractivity contribution in [3.63, 3.8) is 0 Å². The van der Waals surface area contributed by atoms with Crippen molar-refractivity contribution in [3.8, 4) is 0 Å². The van der Waals surface area contributed by atoms with Crippen LogP contribution in [0.2, 0.25) is 0 Å². The van der Waals surface area contributed by atoms with E-state index in [4.69, 9.17) is 0 Å². The first-order valence-corrected chi connectivity index (χ1v) is 8.13. The summed E-state index contributed by atoms with van der Waals surface area (Å²) in [6.45, 7) is 2.77. The Morgan fingerprint density at radius 2 is 1.73 bits per heavy atom. The van der Waals surface area contributed by atoms with Crippen molar-refractivity contribution in [1.29, 1.82) is 0 Å². The number of amides is 2. The molecule has 1 aromatic carbocycles. The van der Waals surface area contributed by atoms with E-state index in [0.29, 0.717) is 24.7 Å². The number of pyridine rings is 1. The number of benzene rings is 1. The van der Waals surface area contributed by atoms with Gasteiger partial charge in [-0.15, -0.1) is 0 Å². The predicted molar refractivity (Wildman–Crippen MR) is 91.9 cm³/mol. The molecular weight excluding hydrogens is 342 g/mol. The van der Waals surface area contributed by atoms with Gasteiger partial charge in [0.2, 0.25) is 0 Å². The minimum atomic E-state index is -0.879. The fraction of sp³-hybridized carbons (Fsp3) is 0.278. The first-order valence-electron chi connectivity index (χ1n) is 8.13. The molecule has 8 heteroatoms. The summed E-state index contributed by atoms with van der Waals surface area (Å²) in [5.41, 5.74) is 0.266. The van der Waals surface area contributed by atoms with Gasteiger partial charge in [-0.05, 0) is 25.2 Å². The number of rotatable bonds is 3. The second-order valence-electron chi connectivity index (χ2n) is 6.14. The normalized spacial score (nSPS) is 15.0. The van der Waals surface area contributed by atoms with Gasteiger partial charge in [0.1, 0.15) is 11.6 Å². The molecule has 26 heavy (non-hydrogen) atoms. The summed E-state index contributed by atoms with van der Waals surface area (Å²) in [4.78, 5) is 32.6. The van der Waals surface area contributed by atoms with Crippen LogP contribution in [0.3, 0.4) is 0 Å². The van der Waals surface area contributed by atoms with Gasteiger partial charge in [0, 0.05) is 44.6 Å². The van der Waals surface area contributed by atoms with Crippen LogP contribution in [0, 0.1) is 11.6 Å². The molecule has 0 bridgehead atoms. The standard InChI is InChI=1S/C18H18F2N4O2/c1-23-4-6-24(7-5-23)18(26)13-8-12(10-21-11-13)17(25)22-16-3-2-14(19)9-15(16)20/h2-3,8-11H,4-7H2,1H3,(H,22,25). The predicted octanol–water partition coefficient (Wildman–Crippen LogP) is 2.00. The van der Waals surface area contributed by atoms with Crippen molar-refractivity contribution in [2.24, 2.45) is 0 Å². The summed E-state index contributed by atoms with van der Waals surface area (Å²) in [7, 11) is 1.99. The molecular formula is C18H18F2N4O2. The van der Waals surface area contributed by atoms with Gasteiger partial charge in [0.05, 0.1) is 16.8 Å². The van der Waals surface area contributed by atoms with Crippen LogP contribution in [0.5, 0.6) is 0 Å². The number of piperazine rings is 1. The largest absolute Gasteiger partial charge is 0.336 e. The van der Waals surface area contributed by atoms with Crippen LogP contribution in [0.1, 0.15) is 20.7 Å². The van der Waals surface area contributed by atoms with Gasteiger partial charge in [0.25, 0.3) is 11.8 Å². The van der Waals surface area contributed by atoms with E-state index in [-0.39, 0.29) is 17.2 Å². The average Bonchev–Trinajstić information content (AvgIpc) is 2.64. The fourth-order valence-electron chi connectivity index (χ4n) is 2.66. The van der Waals surface area contributed by atoms with E-state index in [0.717, 1.165) is 25.2 Å². The van der Waals surface area contributed by atoms with Crippen LogP contribution < -0.4 is 5.32 Å². The third-order valence-electron chi connectivity index (χ3n) is 4.22. The number of anilines is 1. The lowest BCUT2D eigenvalue weighted by molar-refractivity contribution is 0.0663. The molecule has 1 aromatic heterocycles. The maximum atomic E-state index is 13.7. The maximum absolute atomic E-state index is 13.7. The zero-order valence-corrected chi connectivity index (χ0v) is 14.2. The van der Waals surface area contributed by atoms with Crippen LogP contribution in [-0.4, -0.2) is 59.8 Å². The summed E-state index contributed by atoms with van der Waals surface area (Å²) in [6, 6.07) is 4.28. The van der Waals surface area contributed by atoms with Gasteiger partial charge in [-0.25, -0.2) is 8.78 Å². The minimum Gasteiger partial charge on any atom is -0.336 e. The van der Waals surface area contributed by atoms with E-state index in [1.807, 2.05) is 7.05 Å². The molecule has 0 atom stereocenters. The van der Waals surface area contributed by atoms with Crippen LogP contribution in [0.25, 0.3) is 0 Å². The lowest BCUT2D eigenvalue weighted by Gasteiger charge is -2.32. The lowest BCUT2D eigenvalue weighted by Crippen LogP contribution is -2.47. The number of nitrogens with zero attached hydrogens (tertiary/aromatic N) is 3. The van der Waals surface area contributed by atoms with E-state index in [1.165, 1.54) is 18.5 Å². The zero-order chi connectivity index (χ0) is 18.7. The summed E-state index contributed by atoms with van der Waals surface area (Å²) in [5, 5.41) is 2.35. The van der Waals surface area contributed by atoms with Crippen LogP contribution in [-0.2, 0) is 0 Å². The second kappa shape index (κ2) is 7.57. The van der Waals surface area contributed by atoms with E-state index in [2.05, 4.69) is 15.2 Å². The first kappa shape index (κ1) is 17.9. The molecule has 1 fully saturated rings. The van der Waals surface area contributed by atoms with Crippen molar-refractivity contribution in [2.75, 3.05) is 38.5 Å². The topological polar surface area (TPSA) is 65.5 Å². The molecule has 2 amide bonds. The smallest absolute Gasteiger partial charge is 0.257 e. The quantitative estimate of drug-likeness (QED) is 0.909. The minimum absolute atomic E-state index is 0.119. The number of likely N-dealkylation sites (N-methyl/N-ethyl adjacent to an activating group) is 1. The average molecular weight is 360 g/mol. The number of aromatic nitrogens is 1. The molecule has 0 radical (unpaired) electrons. The number of hydrogen-bond donors (Lipinski definition) is 1. The highest BCUT2D eigenvalue weighted by atomic mass is 19.1. The molecule has 0 unspecified atom stereocenters. The summed E-state index contributed by atoms with van der Waals surface area (Å²) in [5.74, 6) is -2.44. The van der Waals surface area contributed by atoms with Gasteiger partial charge < -0.3 is 15.1 Å². The Bertz CT molecular complexity index is 836. The number of halogens is 2. The van der Waals surface area contributed by atoms with Gasteiger partial charge in [-0.1, -0.05) is 0 Å². The first-order chi connectivity index (χ1) is 12.4. The Labute approximate surface area is 149 Å². The van der Waals surface area contributed by atoms with Gasteiger partial charge in [0.15, 0.2) is 0 Å². The van der Waals surface area contributed by atoms with Gasteiger partial charge >= 0.3 is 0 Å². The third-order valence-corrected chi connectivity index (χ3v) is 4.22. The summed E-state index contributed by atoms with van der Waals surface area (Å²) in [6.07, 6.45) is 2.69. The van der Waals surface area contributed by atoms with Crippen molar-refractivity contribution in [2.45, 2.75) is 0 Å². The molecule has 136 valence electrons. The zero-order valence-electron chi connectivity index (χ0n) is 14.2. The molecule has 0 spiro atoms. The monoisotopic (exact) mass is 360 g/mol. The molecule has 1 N–H and O–H groups in total.